The fraction of sp³-hybridized carbons (Fsp3) is 0.571. The van der Waals surface area contributed by atoms with Gasteiger partial charge < -0.3 is 9.16 Å². The van der Waals surface area contributed by atoms with Crippen molar-refractivity contribution in [2.24, 2.45) is 0 Å². The van der Waals surface area contributed by atoms with E-state index in [9.17, 15) is 13.2 Å². The second-order valence-corrected chi connectivity index (χ2v) is 10.3. The van der Waals surface area contributed by atoms with Gasteiger partial charge in [-0.05, 0) is 50.7 Å². The van der Waals surface area contributed by atoms with Crippen LogP contribution in [0.3, 0.4) is 0 Å². The lowest BCUT2D eigenvalue weighted by atomic mass is 9.91. The van der Waals surface area contributed by atoms with Gasteiger partial charge in [-0.15, -0.1) is 0 Å². The van der Waals surface area contributed by atoms with Crippen molar-refractivity contribution in [1.29, 1.82) is 0 Å². The normalized spacial score (nSPS) is 15.8. The number of hydrogen-bond donors (Lipinski definition) is 0. The summed E-state index contributed by atoms with van der Waals surface area (Å²) in [5.41, 5.74) is -1.77. The van der Waals surface area contributed by atoms with Crippen LogP contribution in [0.4, 0.5) is 13.2 Å². The van der Waals surface area contributed by atoms with Crippen LogP contribution in [0.2, 0.25) is 19.6 Å². The van der Waals surface area contributed by atoms with Gasteiger partial charge in [0.15, 0.2) is 13.9 Å². The highest BCUT2D eigenvalue weighted by molar-refractivity contribution is 6.69. The Labute approximate surface area is 119 Å². The minimum Gasteiger partial charge on any atom is -0.496 e. The number of alkyl halides is 3. The molecule has 0 aromatic heterocycles. The molecule has 0 spiro atoms. The Morgan fingerprint density at radius 2 is 1.65 bits per heavy atom. The van der Waals surface area contributed by atoms with Crippen molar-refractivity contribution in [2.45, 2.75) is 45.3 Å². The molecule has 6 heteroatoms. The van der Waals surface area contributed by atoms with E-state index in [-0.39, 0.29) is 5.56 Å². The largest absolute Gasteiger partial charge is 0.496 e. The zero-order valence-corrected chi connectivity index (χ0v) is 13.7. The van der Waals surface area contributed by atoms with E-state index >= 15 is 0 Å². The molecule has 0 aliphatic rings. The lowest BCUT2D eigenvalue weighted by Gasteiger charge is -2.39. The van der Waals surface area contributed by atoms with Crippen LogP contribution in [-0.2, 0) is 10.0 Å². The Morgan fingerprint density at radius 1 is 1.10 bits per heavy atom. The zero-order chi connectivity index (χ0) is 15.8. The topological polar surface area (TPSA) is 18.5 Å². The van der Waals surface area contributed by atoms with Crippen molar-refractivity contribution in [1.82, 2.24) is 0 Å². The Hall–Kier alpha value is -1.01. The van der Waals surface area contributed by atoms with E-state index in [2.05, 4.69) is 0 Å². The smallest absolute Gasteiger partial charge is 0.420 e. The van der Waals surface area contributed by atoms with Gasteiger partial charge in [-0.3, -0.25) is 0 Å². The predicted molar refractivity (Wildman–Crippen MR) is 75.6 cm³/mol. The minimum atomic E-state index is -4.50. The van der Waals surface area contributed by atoms with Crippen molar-refractivity contribution < 1.29 is 22.3 Å². The summed E-state index contributed by atoms with van der Waals surface area (Å²) >= 11 is 0. The summed E-state index contributed by atoms with van der Waals surface area (Å²) in [5.74, 6) is 0.428. The maximum Gasteiger partial charge on any atom is 0.420 e. The first kappa shape index (κ1) is 17.0. The van der Waals surface area contributed by atoms with Crippen LogP contribution >= 0.6 is 0 Å². The molecule has 114 valence electrons. The highest BCUT2D eigenvalue weighted by atomic mass is 28.4. The van der Waals surface area contributed by atoms with Gasteiger partial charge in [-0.25, -0.2) is 0 Å². The Kier molecular flexibility index (Phi) is 4.61. The second-order valence-electron chi connectivity index (χ2n) is 5.88. The molecule has 0 amide bonds. The highest BCUT2D eigenvalue weighted by Gasteiger charge is 2.56. The van der Waals surface area contributed by atoms with Crippen LogP contribution in [0, 0.1) is 6.92 Å². The van der Waals surface area contributed by atoms with E-state index in [0.29, 0.717) is 11.3 Å². The van der Waals surface area contributed by atoms with Gasteiger partial charge in [0, 0.05) is 0 Å². The third-order valence-electron chi connectivity index (χ3n) is 3.07. The molecule has 20 heavy (non-hydrogen) atoms. The van der Waals surface area contributed by atoms with Gasteiger partial charge in [-0.1, -0.05) is 12.1 Å². The summed E-state index contributed by atoms with van der Waals surface area (Å²) in [4.78, 5) is 0. The standard InChI is InChI=1S/C14H21F3O2Si/c1-10-11(8-7-9-12(10)18-3)13(2,14(15,16)17)19-20(4,5)6/h7-9H,1-6H3. The molecule has 0 bridgehead atoms. The van der Waals surface area contributed by atoms with Crippen molar-refractivity contribution in [3.63, 3.8) is 0 Å². The van der Waals surface area contributed by atoms with Gasteiger partial charge >= 0.3 is 6.18 Å². The van der Waals surface area contributed by atoms with Crippen LogP contribution in [0.1, 0.15) is 18.1 Å². The highest BCUT2D eigenvalue weighted by Crippen LogP contribution is 2.46. The molecule has 1 unspecified atom stereocenters. The zero-order valence-electron chi connectivity index (χ0n) is 12.7. The molecule has 1 aromatic rings. The molecule has 0 saturated heterocycles. The quantitative estimate of drug-likeness (QED) is 0.755. The molecule has 1 aromatic carbocycles. The first-order valence-corrected chi connectivity index (χ1v) is 9.74. The Bertz CT molecular complexity index is 480. The molecule has 0 aliphatic heterocycles. The van der Waals surface area contributed by atoms with Crippen LogP contribution in [0.5, 0.6) is 5.75 Å². The third-order valence-corrected chi connectivity index (χ3v) is 4.09. The molecule has 1 rings (SSSR count). The van der Waals surface area contributed by atoms with Crippen LogP contribution in [0.15, 0.2) is 18.2 Å². The fourth-order valence-electron chi connectivity index (χ4n) is 2.23. The van der Waals surface area contributed by atoms with Crippen LogP contribution in [-0.4, -0.2) is 21.6 Å². The molecular formula is C14H21F3O2Si. The average molecular weight is 306 g/mol. The first-order valence-electron chi connectivity index (χ1n) is 6.33. The summed E-state index contributed by atoms with van der Waals surface area (Å²) in [7, 11) is -0.956. The summed E-state index contributed by atoms with van der Waals surface area (Å²) in [5, 5.41) is 0. The number of rotatable bonds is 4. The Morgan fingerprint density at radius 3 is 2.05 bits per heavy atom. The molecule has 0 radical (unpaired) electrons. The summed E-state index contributed by atoms with van der Waals surface area (Å²) in [6.07, 6.45) is -4.50. The van der Waals surface area contributed by atoms with Crippen LogP contribution < -0.4 is 4.74 Å². The number of benzene rings is 1. The number of ether oxygens (including phenoxy) is 1. The van der Waals surface area contributed by atoms with Crippen molar-refractivity contribution in [2.75, 3.05) is 7.11 Å². The van der Waals surface area contributed by atoms with Gasteiger partial charge in [0.2, 0.25) is 0 Å². The van der Waals surface area contributed by atoms with Gasteiger partial charge in [0.1, 0.15) is 5.75 Å². The molecule has 0 fully saturated rings. The van der Waals surface area contributed by atoms with Crippen molar-refractivity contribution >= 4 is 8.32 Å². The van der Waals surface area contributed by atoms with Crippen molar-refractivity contribution in [3.8, 4) is 5.75 Å². The third kappa shape index (κ3) is 3.35. The molecule has 2 nitrogen and oxygen atoms in total. The first-order chi connectivity index (χ1) is 8.92. The maximum absolute atomic E-state index is 13.6. The SMILES string of the molecule is COc1cccc(C(C)(O[Si](C)(C)C)C(F)(F)F)c1C. The monoisotopic (exact) mass is 306 g/mol. The number of methoxy groups -OCH3 is 1. The minimum absolute atomic E-state index is 0.103. The molecule has 1 atom stereocenters. The van der Waals surface area contributed by atoms with E-state index < -0.39 is 20.1 Å². The van der Waals surface area contributed by atoms with Gasteiger partial charge in [-0.2, -0.15) is 13.2 Å². The van der Waals surface area contributed by atoms with E-state index in [4.69, 9.17) is 9.16 Å². The van der Waals surface area contributed by atoms with Gasteiger partial charge in [0.25, 0.3) is 0 Å². The maximum atomic E-state index is 13.6. The summed E-state index contributed by atoms with van der Waals surface area (Å²) in [6, 6.07) is 4.65. The fourth-order valence-corrected chi connectivity index (χ4v) is 3.68. The molecule has 0 saturated carbocycles. The van der Waals surface area contributed by atoms with E-state index in [0.717, 1.165) is 6.92 Å². The van der Waals surface area contributed by atoms with Crippen molar-refractivity contribution in [3.05, 3.63) is 29.3 Å². The van der Waals surface area contributed by atoms with Gasteiger partial charge in [0.05, 0.1) is 7.11 Å². The summed E-state index contributed by atoms with van der Waals surface area (Å²) in [6.45, 7) is 7.93. The van der Waals surface area contributed by atoms with E-state index in [1.807, 2.05) is 0 Å². The molecular weight excluding hydrogens is 285 g/mol. The predicted octanol–water partition coefficient (Wildman–Crippen LogP) is 4.63. The van der Waals surface area contributed by atoms with E-state index in [1.54, 1.807) is 38.7 Å². The molecule has 0 aliphatic carbocycles. The molecule has 0 heterocycles. The number of halogens is 3. The second kappa shape index (κ2) is 5.41. The lowest BCUT2D eigenvalue weighted by molar-refractivity contribution is -0.251. The summed E-state index contributed by atoms with van der Waals surface area (Å²) < 4.78 is 51.4. The van der Waals surface area contributed by atoms with E-state index in [1.165, 1.54) is 13.2 Å². The number of hydrogen-bond acceptors (Lipinski definition) is 2. The lowest BCUT2D eigenvalue weighted by Crippen LogP contribution is -2.49. The molecule has 0 N–H and O–H groups in total. The van der Waals surface area contributed by atoms with Crippen LogP contribution in [0.25, 0.3) is 0 Å². The average Bonchev–Trinajstić information content (AvgIpc) is 2.25. The Balaban J connectivity index is 3.47.